The number of halogens is 3. The van der Waals surface area contributed by atoms with E-state index < -0.39 is 29.9 Å². The second-order valence-corrected chi connectivity index (χ2v) is 13.9. The molecule has 3 heterocycles. The van der Waals surface area contributed by atoms with Crippen LogP contribution in [0.2, 0.25) is 0 Å². The maximum absolute atomic E-state index is 14.8. The van der Waals surface area contributed by atoms with Crippen molar-refractivity contribution in [2.24, 2.45) is 0 Å². The van der Waals surface area contributed by atoms with Crippen molar-refractivity contribution in [2.45, 2.75) is 89.0 Å². The summed E-state index contributed by atoms with van der Waals surface area (Å²) in [6.07, 6.45) is 8.55. The highest BCUT2D eigenvalue weighted by atomic mass is 79.9. The lowest BCUT2D eigenvalue weighted by molar-refractivity contribution is -0.160. The number of hydrogen-bond acceptors (Lipinski definition) is 6. The van der Waals surface area contributed by atoms with E-state index in [1.165, 1.54) is 12.1 Å². The van der Waals surface area contributed by atoms with Gasteiger partial charge < -0.3 is 28.3 Å². The quantitative estimate of drug-likeness (QED) is 0.318. The molecular formula is C34H40BBrF2O6. The standard InChI is InChI=1S/C20H26BFO4.C14H14BrFO2/c1-18(2)19(3,4)26-21(25-18)15-5-6-16(17(22)13-15)14-7-9-20(10-8-14)23-11-12-24-20;15-11-1-2-12(13(16)9-11)10-3-5-14(6-4-10)17-7-8-18-14/h5-7,13H,8-12H2,1-4H3;1-3,9H,4-8H2. The highest BCUT2D eigenvalue weighted by molar-refractivity contribution is 9.10. The molecule has 0 N–H and O–H groups in total. The number of ether oxygens (including phenoxy) is 4. The Bertz CT molecular complexity index is 1430. The zero-order valence-electron chi connectivity index (χ0n) is 25.9. The van der Waals surface area contributed by atoms with Crippen molar-refractivity contribution in [3.05, 3.63) is 75.8 Å². The van der Waals surface area contributed by atoms with Gasteiger partial charge in [-0.2, -0.15) is 0 Å². The molecule has 6 nitrogen and oxygen atoms in total. The van der Waals surface area contributed by atoms with Crippen LogP contribution >= 0.6 is 15.9 Å². The van der Waals surface area contributed by atoms with Gasteiger partial charge in [0.1, 0.15) is 11.6 Å². The molecule has 2 spiro atoms. The van der Waals surface area contributed by atoms with Gasteiger partial charge in [-0.05, 0) is 75.3 Å². The van der Waals surface area contributed by atoms with E-state index in [0.29, 0.717) is 55.9 Å². The van der Waals surface area contributed by atoms with Crippen molar-refractivity contribution in [1.29, 1.82) is 0 Å². The Hall–Kier alpha value is -1.92. The summed E-state index contributed by atoms with van der Waals surface area (Å²) in [6, 6.07) is 10.4. The molecule has 0 radical (unpaired) electrons. The molecular weight excluding hydrogens is 633 g/mol. The van der Waals surface area contributed by atoms with Crippen LogP contribution in [0.5, 0.6) is 0 Å². The third-order valence-corrected chi connectivity index (χ3v) is 10.1. The normalized spacial score (nSPS) is 24.7. The molecule has 236 valence electrons. The first-order valence-corrected chi connectivity index (χ1v) is 16.2. The molecule has 3 fully saturated rings. The van der Waals surface area contributed by atoms with Crippen LogP contribution < -0.4 is 5.46 Å². The first-order chi connectivity index (χ1) is 20.9. The maximum atomic E-state index is 14.8. The molecule has 7 rings (SSSR count). The first kappa shape index (κ1) is 32.0. The van der Waals surface area contributed by atoms with Gasteiger partial charge in [0.2, 0.25) is 0 Å². The SMILES string of the molecule is CC1(C)OB(c2ccc(C3=CCC4(CC3)OCCO4)c(F)c2)OC1(C)C.Fc1cc(Br)ccc1C1=CCC2(CC1)OCCO2. The molecule has 10 heteroatoms. The largest absolute Gasteiger partial charge is 0.494 e. The number of allylic oxidation sites excluding steroid dienone is 2. The summed E-state index contributed by atoms with van der Waals surface area (Å²) in [7, 11) is -0.549. The molecule has 3 aliphatic heterocycles. The number of benzene rings is 2. The number of hydrogen-bond donors (Lipinski definition) is 0. The summed E-state index contributed by atoms with van der Waals surface area (Å²) in [5.41, 5.74) is 3.21. The van der Waals surface area contributed by atoms with E-state index in [2.05, 4.69) is 15.9 Å². The molecule has 44 heavy (non-hydrogen) atoms. The van der Waals surface area contributed by atoms with Crippen LogP contribution in [0, 0.1) is 11.6 Å². The highest BCUT2D eigenvalue weighted by Crippen LogP contribution is 2.41. The van der Waals surface area contributed by atoms with E-state index in [1.54, 1.807) is 0 Å². The molecule has 2 aliphatic carbocycles. The molecule has 0 bridgehead atoms. The molecule has 0 unspecified atom stereocenters. The molecule has 0 atom stereocenters. The maximum Gasteiger partial charge on any atom is 0.494 e. The summed E-state index contributed by atoms with van der Waals surface area (Å²) >= 11 is 3.27. The predicted octanol–water partition coefficient (Wildman–Crippen LogP) is 7.33. The second kappa shape index (κ2) is 12.4. The van der Waals surface area contributed by atoms with Crippen molar-refractivity contribution < 1.29 is 37.0 Å². The lowest BCUT2D eigenvalue weighted by atomic mass is 9.78. The van der Waals surface area contributed by atoms with Crippen LogP contribution in [0.25, 0.3) is 11.1 Å². The lowest BCUT2D eigenvalue weighted by Crippen LogP contribution is -2.41. The summed E-state index contributed by atoms with van der Waals surface area (Å²) < 4.78 is 64.2. The van der Waals surface area contributed by atoms with Gasteiger partial charge in [-0.15, -0.1) is 0 Å². The third-order valence-electron chi connectivity index (χ3n) is 9.64. The van der Waals surface area contributed by atoms with Gasteiger partial charge in [0, 0.05) is 41.3 Å². The fourth-order valence-electron chi connectivity index (χ4n) is 6.29. The second-order valence-electron chi connectivity index (χ2n) is 13.0. The van der Waals surface area contributed by atoms with Gasteiger partial charge in [0.25, 0.3) is 0 Å². The average Bonchev–Trinajstić information content (AvgIpc) is 3.69. The Kier molecular flexibility index (Phi) is 9.00. The minimum absolute atomic E-state index is 0.181. The Labute approximate surface area is 267 Å². The Balaban J connectivity index is 0.000000167. The van der Waals surface area contributed by atoms with E-state index in [0.717, 1.165) is 41.3 Å². The summed E-state index contributed by atoms with van der Waals surface area (Å²) in [6.45, 7) is 10.6. The zero-order valence-corrected chi connectivity index (χ0v) is 27.4. The predicted molar refractivity (Wildman–Crippen MR) is 169 cm³/mol. The Morgan fingerprint density at radius 3 is 1.52 bits per heavy atom. The third kappa shape index (κ3) is 6.50. The Morgan fingerprint density at radius 1 is 0.659 bits per heavy atom. The monoisotopic (exact) mass is 672 g/mol. The van der Waals surface area contributed by atoms with Crippen molar-refractivity contribution in [3.63, 3.8) is 0 Å². The van der Waals surface area contributed by atoms with E-state index in [-0.39, 0.29) is 11.6 Å². The van der Waals surface area contributed by atoms with E-state index >= 15 is 0 Å². The smallest absolute Gasteiger partial charge is 0.399 e. The summed E-state index contributed by atoms with van der Waals surface area (Å²) in [5, 5.41) is 0. The summed E-state index contributed by atoms with van der Waals surface area (Å²) in [4.78, 5) is 0. The minimum atomic E-state index is -0.549. The van der Waals surface area contributed by atoms with Crippen LogP contribution in [0.3, 0.4) is 0 Å². The van der Waals surface area contributed by atoms with Gasteiger partial charge >= 0.3 is 7.12 Å². The molecule has 3 saturated heterocycles. The van der Waals surface area contributed by atoms with Crippen molar-refractivity contribution >= 4 is 39.7 Å². The topological polar surface area (TPSA) is 55.4 Å². The fourth-order valence-corrected chi connectivity index (χ4v) is 6.62. The van der Waals surface area contributed by atoms with Crippen molar-refractivity contribution in [3.8, 4) is 0 Å². The van der Waals surface area contributed by atoms with E-state index in [4.69, 9.17) is 28.3 Å². The van der Waals surface area contributed by atoms with Crippen LogP contribution in [-0.4, -0.2) is 56.3 Å². The Morgan fingerprint density at radius 2 is 1.11 bits per heavy atom. The molecule has 2 aromatic rings. The van der Waals surface area contributed by atoms with Gasteiger partial charge in [0.05, 0.1) is 37.6 Å². The summed E-state index contributed by atoms with van der Waals surface area (Å²) in [5.74, 6) is -1.34. The highest BCUT2D eigenvalue weighted by Gasteiger charge is 2.52. The van der Waals surface area contributed by atoms with Gasteiger partial charge in [-0.3, -0.25) is 0 Å². The molecule has 0 saturated carbocycles. The van der Waals surface area contributed by atoms with Crippen LogP contribution in [-0.2, 0) is 28.3 Å². The molecule has 0 aromatic heterocycles. The molecule has 0 amide bonds. The zero-order chi connectivity index (χ0) is 31.2. The number of rotatable bonds is 3. The lowest BCUT2D eigenvalue weighted by Gasteiger charge is -2.32. The van der Waals surface area contributed by atoms with E-state index in [9.17, 15) is 8.78 Å². The van der Waals surface area contributed by atoms with Gasteiger partial charge in [-0.25, -0.2) is 8.78 Å². The fraction of sp³-hybridized carbons (Fsp3) is 0.529. The minimum Gasteiger partial charge on any atom is -0.399 e. The van der Waals surface area contributed by atoms with Crippen LogP contribution in [0.1, 0.15) is 77.3 Å². The van der Waals surface area contributed by atoms with Crippen molar-refractivity contribution in [1.82, 2.24) is 0 Å². The molecule has 2 aromatic carbocycles. The van der Waals surface area contributed by atoms with Gasteiger partial charge in [-0.1, -0.05) is 46.3 Å². The van der Waals surface area contributed by atoms with Gasteiger partial charge in [0.15, 0.2) is 11.6 Å². The van der Waals surface area contributed by atoms with Crippen LogP contribution in [0.15, 0.2) is 53.0 Å². The molecule has 5 aliphatic rings. The van der Waals surface area contributed by atoms with Crippen molar-refractivity contribution in [2.75, 3.05) is 26.4 Å². The first-order valence-electron chi connectivity index (χ1n) is 15.4. The van der Waals surface area contributed by atoms with E-state index in [1.807, 2.05) is 64.1 Å². The average molecular weight is 673 g/mol. The van der Waals surface area contributed by atoms with Crippen LogP contribution in [0.4, 0.5) is 8.78 Å².